The van der Waals surface area contributed by atoms with E-state index in [1.165, 1.54) is 6.42 Å². The average molecular weight is 305 g/mol. The van der Waals surface area contributed by atoms with Crippen LogP contribution >= 0.6 is 0 Å². The number of ether oxygens (including phenoxy) is 3. The first kappa shape index (κ1) is 15.2. The molecule has 0 N–H and O–H groups in total. The van der Waals surface area contributed by atoms with Gasteiger partial charge in [-0.05, 0) is 25.0 Å². The van der Waals surface area contributed by atoms with Crippen molar-refractivity contribution in [2.24, 2.45) is 0 Å². The highest BCUT2D eigenvalue weighted by atomic mass is 16.5. The summed E-state index contributed by atoms with van der Waals surface area (Å²) in [6.45, 7) is 1.23. The van der Waals surface area contributed by atoms with Crippen LogP contribution in [0.1, 0.15) is 36.0 Å². The SMILES string of the molecule is COc1cccc(OC)c1C(=O)N1CCO[C@H]2CCCC[C@H]21. The van der Waals surface area contributed by atoms with Gasteiger partial charge in [0, 0.05) is 6.54 Å². The molecule has 5 nitrogen and oxygen atoms in total. The first-order chi connectivity index (χ1) is 10.8. The van der Waals surface area contributed by atoms with Crippen molar-refractivity contribution in [2.75, 3.05) is 27.4 Å². The molecule has 120 valence electrons. The van der Waals surface area contributed by atoms with Gasteiger partial charge in [-0.15, -0.1) is 0 Å². The summed E-state index contributed by atoms with van der Waals surface area (Å²) in [5, 5.41) is 0. The zero-order valence-corrected chi connectivity index (χ0v) is 13.2. The highest BCUT2D eigenvalue weighted by molar-refractivity contribution is 6.00. The van der Waals surface area contributed by atoms with Gasteiger partial charge < -0.3 is 19.1 Å². The topological polar surface area (TPSA) is 48.0 Å². The van der Waals surface area contributed by atoms with Gasteiger partial charge in [0.25, 0.3) is 5.91 Å². The van der Waals surface area contributed by atoms with Crippen LogP contribution in [0.5, 0.6) is 11.5 Å². The Morgan fingerprint density at radius 3 is 2.55 bits per heavy atom. The molecule has 0 radical (unpaired) electrons. The van der Waals surface area contributed by atoms with Crippen molar-refractivity contribution in [1.29, 1.82) is 0 Å². The van der Waals surface area contributed by atoms with Crippen molar-refractivity contribution in [1.82, 2.24) is 4.90 Å². The molecule has 3 rings (SSSR count). The number of morpholine rings is 1. The minimum absolute atomic E-state index is 0.0190. The van der Waals surface area contributed by atoms with E-state index < -0.39 is 0 Å². The first-order valence-corrected chi connectivity index (χ1v) is 7.90. The second-order valence-electron chi connectivity index (χ2n) is 5.80. The van der Waals surface area contributed by atoms with Gasteiger partial charge >= 0.3 is 0 Å². The molecule has 0 bridgehead atoms. The van der Waals surface area contributed by atoms with Gasteiger partial charge in [0.2, 0.25) is 0 Å². The standard InChI is InChI=1S/C17H23NO4/c1-20-14-8-5-9-15(21-2)16(14)17(19)18-10-11-22-13-7-4-3-6-12(13)18/h5,8-9,12-13H,3-4,6-7,10-11H2,1-2H3/t12-,13+/m1/s1. The van der Waals surface area contributed by atoms with Crippen molar-refractivity contribution < 1.29 is 19.0 Å². The molecule has 1 saturated heterocycles. The van der Waals surface area contributed by atoms with Crippen molar-refractivity contribution >= 4 is 5.91 Å². The summed E-state index contributed by atoms with van der Waals surface area (Å²) in [5.74, 6) is 1.10. The molecule has 0 spiro atoms. The minimum Gasteiger partial charge on any atom is -0.496 e. The fourth-order valence-corrected chi connectivity index (χ4v) is 3.55. The van der Waals surface area contributed by atoms with Crippen LogP contribution in [0.15, 0.2) is 18.2 Å². The molecule has 2 aliphatic rings. The van der Waals surface area contributed by atoms with E-state index in [0.29, 0.717) is 30.2 Å². The molecule has 1 aromatic carbocycles. The molecule has 1 aliphatic carbocycles. The van der Waals surface area contributed by atoms with Crippen LogP contribution in [0.4, 0.5) is 0 Å². The molecule has 1 aliphatic heterocycles. The number of hydrogen-bond acceptors (Lipinski definition) is 4. The van der Waals surface area contributed by atoms with E-state index in [4.69, 9.17) is 14.2 Å². The van der Waals surface area contributed by atoms with Crippen molar-refractivity contribution in [2.45, 2.75) is 37.8 Å². The van der Waals surface area contributed by atoms with Gasteiger partial charge in [0.1, 0.15) is 17.1 Å². The Kier molecular flexibility index (Phi) is 4.52. The number of methoxy groups -OCH3 is 2. The monoisotopic (exact) mass is 305 g/mol. The van der Waals surface area contributed by atoms with Gasteiger partial charge in [0.05, 0.1) is 33.0 Å². The van der Waals surface area contributed by atoms with Gasteiger partial charge in [-0.1, -0.05) is 18.9 Å². The smallest absolute Gasteiger partial charge is 0.261 e. The molecule has 0 aromatic heterocycles. The molecular weight excluding hydrogens is 282 g/mol. The highest BCUT2D eigenvalue weighted by Gasteiger charge is 2.38. The average Bonchev–Trinajstić information content (AvgIpc) is 2.59. The van der Waals surface area contributed by atoms with E-state index >= 15 is 0 Å². The molecule has 0 unspecified atom stereocenters. The Morgan fingerprint density at radius 1 is 1.18 bits per heavy atom. The summed E-state index contributed by atoms with van der Waals surface area (Å²) in [7, 11) is 3.16. The largest absolute Gasteiger partial charge is 0.496 e. The lowest BCUT2D eigenvalue weighted by Crippen LogP contribution is -2.54. The zero-order valence-electron chi connectivity index (χ0n) is 13.2. The van der Waals surface area contributed by atoms with Crippen LogP contribution in [0.3, 0.4) is 0 Å². The molecule has 1 aromatic rings. The lowest BCUT2D eigenvalue weighted by molar-refractivity contribution is -0.0753. The third kappa shape index (κ3) is 2.65. The fourth-order valence-electron chi connectivity index (χ4n) is 3.55. The Labute approximate surface area is 131 Å². The first-order valence-electron chi connectivity index (χ1n) is 7.90. The predicted octanol–water partition coefficient (Wildman–Crippen LogP) is 2.49. The Hall–Kier alpha value is -1.75. The van der Waals surface area contributed by atoms with Crippen LogP contribution in [0.2, 0.25) is 0 Å². The summed E-state index contributed by atoms with van der Waals surface area (Å²) in [6, 6.07) is 5.60. The van der Waals surface area contributed by atoms with Gasteiger partial charge in [-0.3, -0.25) is 4.79 Å². The van der Waals surface area contributed by atoms with Crippen LogP contribution < -0.4 is 9.47 Å². The summed E-state index contributed by atoms with van der Waals surface area (Å²) in [6.07, 6.45) is 4.55. The molecule has 1 amide bonds. The summed E-state index contributed by atoms with van der Waals surface area (Å²) in [5.41, 5.74) is 0.513. The number of amides is 1. The number of benzene rings is 1. The molecule has 5 heteroatoms. The third-order valence-electron chi connectivity index (χ3n) is 4.63. The number of rotatable bonds is 3. The summed E-state index contributed by atoms with van der Waals surface area (Å²) >= 11 is 0. The lowest BCUT2D eigenvalue weighted by atomic mass is 9.89. The number of carbonyl (C=O) groups is 1. The minimum atomic E-state index is -0.0190. The third-order valence-corrected chi connectivity index (χ3v) is 4.63. The maximum atomic E-state index is 13.1. The van der Waals surface area contributed by atoms with E-state index in [1.807, 2.05) is 11.0 Å². The predicted molar refractivity (Wildman–Crippen MR) is 82.6 cm³/mol. The Balaban J connectivity index is 1.93. The number of nitrogens with zero attached hydrogens (tertiary/aromatic N) is 1. The van der Waals surface area contributed by atoms with E-state index in [2.05, 4.69) is 0 Å². The lowest BCUT2D eigenvalue weighted by Gasteiger charge is -2.44. The molecule has 2 atom stereocenters. The molecular formula is C17H23NO4. The second kappa shape index (κ2) is 6.57. The quantitative estimate of drug-likeness (QED) is 0.861. The van der Waals surface area contributed by atoms with E-state index in [-0.39, 0.29) is 18.1 Å². The number of carbonyl (C=O) groups excluding carboxylic acids is 1. The molecule has 22 heavy (non-hydrogen) atoms. The Bertz CT molecular complexity index is 521. The van der Waals surface area contributed by atoms with E-state index in [0.717, 1.165) is 19.3 Å². The van der Waals surface area contributed by atoms with Crippen LogP contribution in [0.25, 0.3) is 0 Å². The summed E-state index contributed by atoms with van der Waals surface area (Å²) in [4.78, 5) is 15.1. The normalized spacial score (nSPS) is 24.5. The van der Waals surface area contributed by atoms with Crippen LogP contribution in [-0.4, -0.2) is 50.3 Å². The molecule has 1 heterocycles. The number of hydrogen-bond donors (Lipinski definition) is 0. The molecule has 2 fully saturated rings. The maximum absolute atomic E-state index is 13.1. The van der Waals surface area contributed by atoms with Gasteiger partial charge in [-0.25, -0.2) is 0 Å². The Morgan fingerprint density at radius 2 is 1.86 bits per heavy atom. The van der Waals surface area contributed by atoms with Crippen molar-refractivity contribution in [3.8, 4) is 11.5 Å². The van der Waals surface area contributed by atoms with Crippen LogP contribution in [0, 0.1) is 0 Å². The number of fused-ring (bicyclic) bond motifs is 1. The molecule has 1 saturated carbocycles. The van der Waals surface area contributed by atoms with E-state index in [1.54, 1.807) is 26.4 Å². The van der Waals surface area contributed by atoms with E-state index in [9.17, 15) is 4.79 Å². The van der Waals surface area contributed by atoms with Gasteiger partial charge in [0.15, 0.2) is 0 Å². The highest BCUT2D eigenvalue weighted by Crippen LogP contribution is 2.34. The summed E-state index contributed by atoms with van der Waals surface area (Å²) < 4.78 is 16.6. The fraction of sp³-hybridized carbons (Fsp3) is 0.588. The zero-order chi connectivity index (χ0) is 15.5. The van der Waals surface area contributed by atoms with Gasteiger partial charge in [-0.2, -0.15) is 0 Å². The van der Waals surface area contributed by atoms with Crippen molar-refractivity contribution in [3.05, 3.63) is 23.8 Å². The van der Waals surface area contributed by atoms with Crippen LogP contribution in [-0.2, 0) is 4.74 Å². The second-order valence-corrected chi connectivity index (χ2v) is 5.80. The maximum Gasteiger partial charge on any atom is 0.261 e. The van der Waals surface area contributed by atoms with Crippen molar-refractivity contribution in [3.63, 3.8) is 0 Å².